The van der Waals surface area contributed by atoms with E-state index >= 15 is 0 Å². The zero-order valence-electron chi connectivity index (χ0n) is 18.7. The van der Waals surface area contributed by atoms with Gasteiger partial charge < -0.3 is 23.8 Å². The van der Waals surface area contributed by atoms with Crippen molar-refractivity contribution in [2.45, 2.75) is 25.1 Å². The molecule has 176 valence electrons. The third kappa shape index (κ3) is 4.65. The molecule has 0 N–H and O–H groups in total. The standard InChI is InChI=1S/C24H24F3NO5/c1-6-14-10-19(30-2)21(32-4)12-16(14)9-18-17-13-22(33-5)20(31-3)11-15(17)7-8-28(18)23(29)24(25,26)27/h1,10-13,18H,7-9H2,2-5H3/t18-/m0/s1. The van der Waals surface area contributed by atoms with Gasteiger partial charge in [-0.1, -0.05) is 5.92 Å². The zero-order chi connectivity index (χ0) is 24.3. The first-order valence-corrected chi connectivity index (χ1v) is 10.0. The molecule has 2 aromatic rings. The van der Waals surface area contributed by atoms with E-state index in [1.807, 2.05) is 0 Å². The summed E-state index contributed by atoms with van der Waals surface area (Å²) in [7, 11) is 5.82. The highest BCUT2D eigenvalue weighted by molar-refractivity contribution is 5.83. The van der Waals surface area contributed by atoms with E-state index in [2.05, 4.69) is 5.92 Å². The monoisotopic (exact) mass is 463 g/mol. The number of nitrogens with zero attached hydrogens (tertiary/aromatic N) is 1. The van der Waals surface area contributed by atoms with Crippen molar-refractivity contribution in [2.75, 3.05) is 35.0 Å². The van der Waals surface area contributed by atoms with Crippen molar-refractivity contribution in [3.8, 4) is 35.3 Å². The molecule has 0 radical (unpaired) electrons. The molecule has 6 nitrogen and oxygen atoms in total. The third-order valence-electron chi connectivity index (χ3n) is 5.68. The number of rotatable bonds is 6. The van der Waals surface area contributed by atoms with Crippen molar-refractivity contribution >= 4 is 5.91 Å². The first kappa shape index (κ1) is 24.1. The van der Waals surface area contributed by atoms with Crippen LogP contribution in [0.1, 0.15) is 28.3 Å². The Bertz CT molecular complexity index is 1090. The lowest BCUT2D eigenvalue weighted by molar-refractivity contribution is -0.188. The molecule has 1 aliphatic heterocycles. The summed E-state index contributed by atoms with van der Waals surface area (Å²) in [6.45, 7) is -0.107. The largest absolute Gasteiger partial charge is 0.493 e. The van der Waals surface area contributed by atoms with Crippen LogP contribution >= 0.6 is 0 Å². The van der Waals surface area contributed by atoms with Gasteiger partial charge in [0.2, 0.25) is 0 Å². The van der Waals surface area contributed by atoms with E-state index in [0.29, 0.717) is 39.7 Å². The Morgan fingerprint density at radius 3 is 2.09 bits per heavy atom. The maximum Gasteiger partial charge on any atom is 0.471 e. The van der Waals surface area contributed by atoms with Crippen LogP contribution in [-0.2, 0) is 17.6 Å². The van der Waals surface area contributed by atoms with Crippen molar-refractivity contribution in [1.82, 2.24) is 4.90 Å². The molecule has 0 fully saturated rings. The summed E-state index contributed by atoms with van der Waals surface area (Å²) in [5.41, 5.74) is 2.28. The number of alkyl halides is 3. The molecule has 1 aliphatic rings. The molecule has 1 amide bonds. The Balaban J connectivity index is 2.17. The Hall–Kier alpha value is -3.54. The lowest BCUT2D eigenvalue weighted by Crippen LogP contribution is -2.47. The Labute approximate surface area is 190 Å². The maximum atomic E-state index is 13.4. The highest BCUT2D eigenvalue weighted by Gasteiger charge is 2.46. The van der Waals surface area contributed by atoms with Gasteiger partial charge in [0.25, 0.3) is 0 Å². The fourth-order valence-electron chi connectivity index (χ4n) is 4.09. The van der Waals surface area contributed by atoms with Gasteiger partial charge in [0.1, 0.15) is 0 Å². The van der Waals surface area contributed by atoms with Crippen LogP contribution in [0.2, 0.25) is 0 Å². The van der Waals surface area contributed by atoms with Gasteiger partial charge in [-0.15, -0.1) is 6.42 Å². The topological polar surface area (TPSA) is 57.2 Å². The molecule has 0 saturated carbocycles. The number of carbonyl (C=O) groups excluding carboxylic acids is 1. The van der Waals surface area contributed by atoms with Crippen LogP contribution < -0.4 is 18.9 Å². The molecular formula is C24H24F3NO5. The zero-order valence-corrected chi connectivity index (χ0v) is 18.7. The van der Waals surface area contributed by atoms with Crippen LogP contribution in [0.25, 0.3) is 0 Å². The number of fused-ring (bicyclic) bond motifs is 1. The van der Waals surface area contributed by atoms with Gasteiger partial charge >= 0.3 is 12.1 Å². The summed E-state index contributed by atoms with van der Waals surface area (Å²) in [5.74, 6) is 2.23. The lowest BCUT2D eigenvalue weighted by Gasteiger charge is -2.38. The van der Waals surface area contributed by atoms with E-state index in [0.717, 1.165) is 10.5 Å². The van der Waals surface area contributed by atoms with Gasteiger partial charge in [0.05, 0.1) is 34.5 Å². The molecule has 0 spiro atoms. The molecule has 0 aromatic heterocycles. The predicted molar refractivity (Wildman–Crippen MR) is 115 cm³/mol. The summed E-state index contributed by atoms with van der Waals surface area (Å²) >= 11 is 0. The van der Waals surface area contributed by atoms with Gasteiger partial charge in [0.15, 0.2) is 23.0 Å². The molecular weight excluding hydrogens is 439 g/mol. The second-order valence-corrected chi connectivity index (χ2v) is 7.38. The normalized spacial score (nSPS) is 15.3. The quantitative estimate of drug-likeness (QED) is 0.608. The minimum Gasteiger partial charge on any atom is -0.493 e. The third-order valence-corrected chi connectivity index (χ3v) is 5.68. The summed E-state index contributed by atoms with van der Waals surface area (Å²) in [4.78, 5) is 13.2. The van der Waals surface area contributed by atoms with Crippen molar-refractivity contribution in [1.29, 1.82) is 0 Å². The van der Waals surface area contributed by atoms with E-state index in [4.69, 9.17) is 25.4 Å². The predicted octanol–water partition coefficient (Wildman–Crippen LogP) is 3.93. The average Bonchev–Trinajstić information content (AvgIpc) is 2.81. The van der Waals surface area contributed by atoms with Gasteiger partial charge in [-0.05, 0) is 53.8 Å². The number of benzene rings is 2. The summed E-state index contributed by atoms with van der Waals surface area (Å²) < 4.78 is 61.6. The molecule has 1 heterocycles. The molecule has 1 atom stereocenters. The number of hydrogen-bond acceptors (Lipinski definition) is 5. The highest BCUT2D eigenvalue weighted by Crippen LogP contribution is 2.42. The van der Waals surface area contributed by atoms with Crippen LogP contribution in [0.5, 0.6) is 23.0 Å². The van der Waals surface area contributed by atoms with E-state index in [9.17, 15) is 18.0 Å². The van der Waals surface area contributed by atoms with Gasteiger partial charge in [-0.3, -0.25) is 4.79 Å². The van der Waals surface area contributed by atoms with Crippen molar-refractivity contribution in [3.63, 3.8) is 0 Å². The number of methoxy groups -OCH3 is 4. The molecule has 0 bridgehead atoms. The molecule has 9 heteroatoms. The van der Waals surface area contributed by atoms with Crippen LogP contribution in [-0.4, -0.2) is 52.0 Å². The molecule has 0 unspecified atom stereocenters. The Morgan fingerprint density at radius 1 is 1.00 bits per heavy atom. The number of halogens is 3. The number of terminal acetylenes is 1. The summed E-state index contributed by atoms with van der Waals surface area (Å²) in [5, 5.41) is 0. The van der Waals surface area contributed by atoms with E-state index in [-0.39, 0.29) is 19.4 Å². The number of hydrogen-bond donors (Lipinski definition) is 0. The van der Waals surface area contributed by atoms with Crippen molar-refractivity contribution in [3.05, 3.63) is 46.5 Å². The molecule has 33 heavy (non-hydrogen) atoms. The van der Waals surface area contributed by atoms with Crippen LogP contribution in [0.3, 0.4) is 0 Å². The SMILES string of the molecule is C#Cc1cc(OC)c(OC)cc1C[C@H]1c2cc(OC)c(OC)cc2CCN1C(=O)C(F)(F)F. The number of carbonyl (C=O) groups is 1. The van der Waals surface area contributed by atoms with Crippen LogP contribution in [0.4, 0.5) is 13.2 Å². The van der Waals surface area contributed by atoms with Gasteiger partial charge in [-0.2, -0.15) is 13.2 Å². The summed E-state index contributed by atoms with van der Waals surface area (Å²) in [6.07, 6.45) is 0.924. The minimum atomic E-state index is -5.02. The van der Waals surface area contributed by atoms with Crippen molar-refractivity contribution in [2.24, 2.45) is 0 Å². The van der Waals surface area contributed by atoms with Crippen molar-refractivity contribution < 1.29 is 36.9 Å². The van der Waals surface area contributed by atoms with E-state index < -0.39 is 18.1 Å². The maximum absolute atomic E-state index is 13.4. The average molecular weight is 463 g/mol. The van der Waals surface area contributed by atoms with E-state index in [1.54, 1.807) is 24.3 Å². The lowest BCUT2D eigenvalue weighted by atomic mass is 9.86. The highest BCUT2D eigenvalue weighted by atomic mass is 19.4. The Morgan fingerprint density at radius 2 is 1.55 bits per heavy atom. The first-order chi connectivity index (χ1) is 15.7. The molecule has 0 saturated heterocycles. The fraction of sp³-hybridized carbons (Fsp3) is 0.375. The minimum absolute atomic E-state index is 0.0319. The molecule has 3 rings (SSSR count). The summed E-state index contributed by atoms with van der Waals surface area (Å²) in [6, 6.07) is 5.62. The Kier molecular flexibility index (Phi) is 6.96. The van der Waals surface area contributed by atoms with Gasteiger partial charge in [-0.25, -0.2) is 0 Å². The second kappa shape index (κ2) is 9.53. The fourth-order valence-corrected chi connectivity index (χ4v) is 4.09. The van der Waals surface area contributed by atoms with Gasteiger partial charge in [0, 0.05) is 12.1 Å². The first-order valence-electron chi connectivity index (χ1n) is 10.0. The van der Waals surface area contributed by atoms with E-state index in [1.165, 1.54) is 28.4 Å². The second-order valence-electron chi connectivity index (χ2n) is 7.38. The van der Waals surface area contributed by atoms with Crippen LogP contribution in [0.15, 0.2) is 24.3 Å². The smallest absolute Gasteiger partial charge is 0.471 e. The number of amides is 1. The molecule has 0 aliphatic carbocycles. The van der Waals surface area contributed by atoms with Crippen LogP contribution in [0, 0.1) is 12.3 Å². The number of ether oxygens (including phenoxy) is 4. The molecule has 2 aromatic carbocycles.